The molecule has 0 heterocycles. The molecule has 1 aromatic carbocycles. The maximum atomic E-state index is 13.3. The number of hydrogen-bond acceptors (Lipinski definition) is 2. The van der Waals surface area contributed by atoms with Gasteiger partial charge in [0.15, 0.2) is 0 Å². The van der Waals surface area contributed by atoms with Gasteiger partial charge in [-0.2, -0.15) is 0 Å². The molecule has 1 aromatic rings. The Labute approximate surface area is 110 Å². The SMILES string of the molecule is CCCC(C)(NC(=O)Nc1ccccc1F)C(=O)O. The third-order valence-corrected chi connectivity index (χ3v) is 2.73. The number of amides is 2. The molecule has 0 saturated heterocycles. The van der Waals surface area contributed by atoms with Crippen LogP contribution in [-0.2, 0) is 4.79 Å². The number of hydrogen-bond donors (Lipinski definition) is 3. The second-order valence-corrected chi connectivity index (χ2v) is 4.45. The number of rotatable bonds is 5. The van der Waals surface area contributed by atoms with E-state index in [0.29, 0.717) is 6.42 Å². The summed E-state index contributed by atoms with van der Waals surface area (Å²) in [7, 11) is 0. The van der Waals surface area contributed by atoms with E-state index in [9.17, 15) is 14.0 Å². The fourth-order valence-corrected chi connectivity index (χ4v) is 1.69. The van der Waals surface area contributed by atoms with Gasteiger partial charge in [0.05, 0.1) is 5.69 Å². The van der Waals surface area contributed by atoms with Crippen molar-refractivity contribution in [2.45, 2.75) is 32.2 Å². The first-order chi connectivity index (χ1) is 8.89. The molecule has 0 aliphatic carbocycles. The highest BCUT2D eigenvalue weighted by molar-refractivity contribution is 5.93. The number of aliphatic carboxylic acids is 1. The van der Waals surface area contributed by atoms with Crippen LogP contribution in [0.3, 0.4) is 0 Å². The number of carbonyl (C=O) groups is 2. The number of nitrogens with one attached hydrogen (secondary N) is 2. The van der Waals surface area contributed by atoms with E-state index < -0.39 is 23.4 Å². The van der Waals surface area contributed by atoms with Gasteiger partial charge in [-0.3, -0.25) is 0 Å². The smallest absolute Gasteiger partial charge is 0.329 e. The van der Waals surface area contributed by atoms with Crippen LogP contribution in [0.5, 0.6) is 0 Å². The summed E-state index contributed by atoms with van der Waals surface area (Å²) >= 11 is 0. The van der Waals surface area contributed by atoms with Crippen molar-refractivity contribution in [1.29, 1.82) is 0 Å². The summed E-state index contributed by atoms with van der Waals surface area (Å²) in [4.78, 5) is 22.9. The molecule has 1 unspecified atom stereocenters. The second kappa shape index (κ2) is 6.17. The lowest BCUT2D eigenvalue weighted by Gasteiger charge is -2.25. The number of benzene rings is 1. The van der Waals surface area contributed by atoms with Gasteiger partial charge in [-0.1, -0.05) is 25.5 Å². The molecule has 2 amide bonds. The molecule has 1 atom stereocenters. The minimum absolute atomic E-state index is 0.00392. The Bertz CT molecular complexity index is 479. The zero-order chi connectivity index (χ0) is 14.5. The first kappa shape index (κ1) is 14.9. The topological polar surface area (TPSA) is 78.4 Å². The Kier molecular flexibility index (Phi) is 4.86. The van der Waals surface area contributed by atoms with E-state index >= 15 is 0 Å². The summed E-state index contributed by atoms with van der Waals surface area (Å²) in [6.07, 6.45) is 0.885. The number of carboxylic acid groups (broad SMARTS) is 1. The van der Waals surface area contributed by atoms with Gasteiger partial charge >= 0.3 is 12.0 Å². The predicted molar refractivity (Wildman–Crippen MR) is 69.5 cm³/mol. The molecular weight excluding hydrogens is 251 g/mol. The van der Waals surface area contributed by atoms with Crippen LogP contribution in [0.1, 0.15) is 26.7 Å². The van der Waals surface area contributed by atoms with E-state index in [0.717, 1.165) is 0 Å². The molecule has 5 nitrogen and oxygen atoms in total. The summed E-state index contributed by atoms with van der Waals surface area (Å²) in [5.74, 6) is -1.71. The predicted octanol–water partition coefficient (Wildman–Crippen LogP) is 2.59. The van der Waals surface area contributed by atoms with Crippen molar-refractivity contribution in [3.8, 4) is 0 Å². The van der Waals surface area contributed by atoms with E-state index in [-0.39, 0.29) is 12.1 Å². The van der Waals surface area contributed by atoms with Crippen molar-refractivity contribution >= 4 is 17.7 Å². The molecule has 0 spiro atoms. The molecule has 3 N–H and O–H groups in total. The first-order valence-electron chi connectivity index (χ1n) is 5.96. The molecule has 0 radical (unpaired) electrons. The van der Waals surface area contributed by atoms with Crippen LogP contribution in [0.4, 0.5) is 14.9 Å². The number of carboxylic acids is 1. The van der Waals surface area contributed by atoms with Gasteiger partial charge < -0.3 is 15.7 Å². The summed E-state index contributed by atoms with van der Waals surface area (Å²) in [6.45, 7) is 3.23. The van der Waals surface area contributed by atoms with Gasteiger partial charge in [0.1, 0.15) is 11.4 Å². The van der Waals surface area contributed by atoms with Crippen molar-refractivity contribution in [3.63, 3.8) is 0 Å². The minimum atomic E-state index is -1.37. The second-order valence-electron chi connectivity index (χ2n) is 4.45. The van der Waals surface area contributed by atoms with E-state index in [1.54, 1.807) is 6.07 Å². The largest absolute Gasteiger partial charge is 0.480 e. The first-order valence-corrected chi connectivity index (χ1v) is 5.96. The molecular formula is C13H17FN2O3. The normalized spacial score (nSPS) is 13.4. The lowest BCUT2D eigenvalue weighted by molar-refractivity contribution is -0.143. The highest BCUT2D eigenvalue weighted by Gasteiger charge is 2.33. The molecule has 19 heavy (non-hydrogen) atoms. The summed E-state index contributed by atoms with van der Waals surface area (Å²) in [6, 6.07) is 4.92. The van der Waals surface area contributed by atoms with Crippen LogP contribution in [0, 0.1) is 5.82 Å². The highest BCUT2D eigenvalue weighted by Crippen LogP contribution is 2.15. The standard InChI is InChI=1S/C13H17FN2O3/c1-3-8-13(2,11(17)18)16-12(19)15-10-7-5-4-6-9(10)14/h4-7H,3,8H2,1-2H3,(H,17,18)(H2,15,16,19). The minimum Gasteiger partial charge on any atom is -0.480 e. The number of anilines is 1. The molecule has 1 rings (SSSR count). The Hall–Kier alpha value is -2.11. The van der Waals surface area contributed by atoms with E-state index in [4.69, 9.17) is 5.11 Å². The monoisotopic (exact) mass is 268 g/mol. The summed E-state index contributed by atoms with van der Waals surface area (Å²) in [5, 5.41) is 13.8. The Morgan fingerprint density at radius 3 is 2.53 bits per heavy atom. The van der Waals surface area contributed by atoms with Gasteiger partial charge in [0.2, 0.25) is 0 Å². The van der Waals surface area contributed by atoms with Gasteiger partial charge in [0.25, 0.3) is 0 Å². The third-order valence-electron chi connectivity index (χ3n) is 2.73. The average molecular weight is 268 g/mol. The average Bonchev–Trinajstić information content (AvgIpc) is 2.32. The van der Waals surface area contributed by atoms with Gasteiger partial charge in [-0.25, -0.2) is 14.0 Å². The van der Waals surface area contributed by atoms with Gasteiger partial charge in [-0.15, -0.1) is 0 Å². The number of halogens is 1. The molecule has 0 saturated carbocycles. The molecule has 0 bridgehead atoms. The lowest BCUT2D eigenvalue weighted by Crippen LogP contribution is -2.53. The maximum absolute atomic E-state index is 13.3. The lowest BCUT2D eigenvalue weighted by atomic mass is 9.97. The van der Waals surface area contributed by atoms with Gasteiger partial charge in [-0.05, 0) is 25.5 Å². The van der Waals surface area contributed by atoms with Crippen molar-refractivity contribution in [2.24, 2.45) is 0 Å². The highest BCUT2D eigenvalue weighted by atomic mass is 19.1. The molecule has 0 aliphatic rings. The zero-order valence-corrected chi connectivity index (χ0v) is 10.9. The van der Waals surface area contributed by atoms with E-state index in [1.807, 2.05) is 6.92 Å². The number of urea groups is 1. The molecule has 0 fully saturated rings. The number of carbonyl (C=O) groups excluding carboxylic acids is 1. The van der Waals surface area contributed by atoms with Crippen LogP contribution in [0.15, 0.2) is 24.3 Å². The van der Waals surface area contributed by atoms with Crippen molar-refractivity contribution in [3.05, 3.63) is 30.1 Å². The Morgan fingerprint density at radius 1 is 1.37 bits per heavy atom. The summed E-state index contributed by atoms with van der Waals surface area (Å²) in [5.41, 5.74) is -1.37. The van der Waals surface area contributed by atoms with E-state index in [2.05, 4.69) is 10.6 Å². The molecule has 104 valence electrons. The van der Waals surface area contributed by atoms with Crippen molar-refractivity contribution in [1.82, 2.24) is 5.32 Å². The third kappa shape index (κ3) is 3.94. The fourth-order valence-electron chi connectivity index (χ4n) is 1.69. The number of para-hydroxylation sites is 1. The van der Waals surface area contributed by atoms with Crippen LogP contribution >= 0.6 is 0 Å². The van der Waals surface area contributed by atoms with Crippen LogP contribution < -0.4 is 10.6 Å². The van der Waals surface area contributed by atoms with Crippen molar-refractivity contribution < 1.29 is 19.1 Å². The van der Waals surface area contributed by atoms with Crippen LogP contribution in [0.25, 0.3) is 0 Å². The van der Waals surface area contributed by atoms with Crippen LogP contribution in [0.2, 0.25) is 0 Å². The Balaban J connectivity index is 2.74. The summed E-state index contributed by atoms with van der Waals surface area (Å²) < 4.78 is 13.3. The zero-order valence-electron chi connectivity index (χ0n) is 10.9. The van der Waals surface area contributed by atoms with Crippen LogP contribution in [-0.4, -0.2) is 22.6 Å². The Morgan fingerprint density at radius 2 is 2.00 bits per heavy atom. The molecule has 0 aliphatic heterocycles. The fraction of sp³-hybridized carbons (Fsp3) is 0.385. The van der Waals surface area contributed by atoms with Crippen molar-refractivity contribution in [2.75, 3.05) is 5.32 Å². The van der Waals surface area contributed by atoms with Gasteiger partial charge in [0, 0.05) is 0 Å². The molecule has 6 heteroatoms. The van der Waals surface area contributed by atoms with E-state index in [1.165, 1.54) is 25.1 Å². The maximum Gasteiger partial charge on any atom is 0.329 e. The quantitative estimate of drug-likeness (QED) is 0.768. The molecule has 0 aromatic heterocycles.